The van der Waals surface area contributed by atoms with Crippen LogP contribution in [0.3, 0.4) is 0 Å². The summed E-state index contributed by atoms with van der Waals surface area (Å²) in [5.74, 6) is -0.419. The van der Waals surface area contributed by atoms with Gasteiger partial charge in [-0.2, -0.15) is 5.26 Å². The molecule has 0 radical (unpaired) electrons. The lowest BCUT2D eigenvalue weighted by atomic mass is 10.2. The molecule has 12 heavy (non-hydrogen) atoms. The molecule has 0 aromatic rings. The summed E-state index contributed by atoms with van der Waals surface area (Å²) in [6, 6.07) is 2.12. The molecule has 1 unspecified atom stereocenters. The highest BCUT2D eigenvalue weighted by atomic mass is 16.7. The number of unbranched alkanes of at least 4 members (excludes halogenated alkanes) is 1. The number of nitriles is 1. The maximum absolute atomic E-state index is 8.32. The Morgan fingerprint density at radius 1 is 1.58 bits per heavy atom. The third-order valence-corrected chi connectivity index (χ3v) is 1.88. The lowest BCUT2D eigenvalue weighted by molar-refractivity contribution is -0.139. The van der Waals surface area contributed by atoms with Crippen LogP contribution >= 0.6 is 0 Å². The Balaban J connectivity index is 2.16. The van der Waals surface area contributed by atoms with E-state index >= 15 is 0 Å². The lowest BCUT2D eigenvalue weighted by Gasteiger charge is -2.16. The fraction of sp³-hybridized carbons (Fsp3) is 0.889. The van der Waals surface area contributed by atoms with E-state index in [0.717, 1.165) is 12.8 Å². The van der Waals surface area contributed by atoms with Crippen molar-refractivity contribution in [3.63, 3.8) is 0 Å². The van der Waals surface area contributed by atoms with E-state index in [-0.39, 0.29) is 6.10 Å². The van der Waals surface area contributed by atoms with Gasteiger partial charge in [0.1, 0.15) is 0 Å². The molecule has 1 aliphatic heterocycles. The molecule has 0 aromatic heterocycles. The van der Waals surface area contributed by atoms with Gasteiger partial charge in [0, 0.05) is 6.42 Å². The Bertz CT molecular complexity index is 183. The van der Waals surface area contributed by atoms with Gasteiger partial charge in [-0.3, -0.25) is 0 Å². The maximum atomic E-state index is 8.32. The summed E-state index contributed by atoms with van der Waals surface area (Å²) in [5.41, 5.74) is 0. The van der Waals surface area contributed by atoms with Crippen molar-refractivity contribution in [1.82, 2.24) is 0 Å². The third-order valence-electron chi connectivity index (χ3n) is 1.88. The zero-order valence-corrected chi connectivity index (χ0v) is 7.67. The van der Waals surface area contributed by atoms with Gasteiger partial charge < -0.3 is 9.47 Å². The predicted molar refractivity (Wildman–Crippen MR) is 44.4 cm³/mol. The first-order chi connectivity index (χ1) is 5.64. The van der Waals surface area contributed by atoms with Crippen molar-refractivity contribution in [2.75, 3.05) is 6.61 Å². The van der Waals surface area contributed by atoms with E-state index < -0.39 is 5.79 Å². The van der Waals surface area contributed by atoms with Gasteiger partial charge in [-0.15, -0.1) is 0 Å². The van der Waals surface area contributed by atoms with Crippen molar-refractivity contribution in [2.45, 2.75) is 45.0 Å². The number of hydrogen-bond acceptors (Lipinski definition) is 3. The van der Waals surface area contributed by atoms with Gasteiger partial charge in [-0.05, 0) is 26.7 Å². The van der Waals surface area contributed by atoms with Crippen LogP contribution in [-0.4, -0.2) is 18.5 Å². The second-order valence-electron chi connectivity index (χ2n) is 3.50. The fourth-order valence-electron chi connectivity index (χ4n) is 1.31. The molecule has 0 aromatic carbocycles. The van der Waals surface area contributed by atoms with Crippen molar-refractivity contribution >= 4 is 0 Å². The van der Waals surface area contributed by atoms with Crippen molar-refractivity contribution in [3.8, 4) is 6.07 Å². The molecule has 0 aliphatic carbocycles. The average Bonchev–Trinajstić information content (AvgIpc) is 2.31. The molecule has 1 fully saturated rings. The van der Waals surface area contributed by atoms with E-state index in [1.54, 1.807) is 0 Å². The van der Waals surface area contributed by atoms with E-state index in [9.17, 15) is 0 Å². The van der Waals surface area contributed by atoms with Crippen molar-refractivity contribution in [1.29, 1.82) is 5.26 Å². The van der Waals surface area contributed by atoms with Crippen LogP contribution in [0.2, 0.25) is 0 Å². The van der Waals surface area contributed by atoms with Crippen molar-refractivity contribution in [2.24, 2.45) is 0 Å². The summed E-state index contributed by atoms with van der Waals surface area (Å²) < 4.78 is 10.9. The summed E-state index contributed by atoms with van der Waals surface area (Å²) >= 11 is 0. The predicted octanol–water partition coefficient (Wildman–Crippen LogP) is 1.83. The van der Waals surface area contributed by atoms with Gasteiger partial charge >= 0.3 is 0 Å². The molecular weight excluding hydrogens is 154 g/mol. The first-order valence-electron chi connectivity index (χ1n) is 4.33. The Morgan fingerprint density at radius 2 is 2.33 bits per heavy atom. The highest BCUT2D eigenvalue weighted by Crippen LogP contribution is 2.24. The highest BCUT2D eigenvalue weighted by molar-refractivity contribution is 4.74. The van der Waals surface area contributed by atoms with Crippen LogP contribution in [0.4, 0.5) is 0 Å². The molecule has 0 amide bonds. The maximum Gasteiger partial charge on any atom is 0.163 e. The monoisotopic (exact) mass is 169 g/mol. The molecule has 0 spiro atoms. The van der Waals surface area contributed by atoms with Crippen LogP contribution in [0.25, 0.3) is 0 Å². The molecule has 0 saturated carbocycles. The van der Waals surface area contributed by atoms with E-state index in [4.69, 9.17) is 14.7 Å². The highest BCUT2D eigenvalue weighted by Gasteiger charge is 2.31. The van der Waals surface area contributed by atoms with Crippen molar-refractivity contribution < 1.29 is 9.47 Å². The SMILES string of the molecule is CC1(C)OCC(CCCC#N)O1. The van der Waals surface area contributed by atoms with E-state index in [2.05, 4.69) is 6.07 Å². The minimum atomic E-state index is -0.419. The molecule has 0 N–H and O–H groups in total. The van der Waals surface area contributed by atoms with Gasteiger partial charge in [0.05, 0.1) is 18.8 Å². The molecule has 0 bridgehead atoms. The normalized spacial score (nSPS) is 26.9. The minimum absolute atomic E-state index is 0.188. The molecule has 1 atom stereocenters. The fourth-order valence-corrected chi connectivity index (χ4v) is 1.31. The molecular formula is C9H15NO2. The summed E-state index contributed by atoms with van der Waals surface area (Å²) in [6.45, 7) is 4.49. The van der Waals surface area contributed by atoms with Gasteiger partial charge in [-0.1, -0.05) is 0 Å². The molecule has 3 nitrogen and oxygen atoms in total. The Labute approximate surface area is 73.3 Å². The average molecular weight is 169 g/mol. The van der Waals surface area contributed by atoms with Crippen molar-refractivity contribution in [3.05, 3.63) is 0 Å². The second-order valence-corrected chi connectivity index (χ2v) is 3.50. The van der Waals surface area contributed by atoms with Crippen LogP contribution in [-0.2, 0) is 9.47 Å². The summed E-state index contributed by atoms with van der Waals surface area (Å²) in [7, 11) is 0. The van der Waals surface area contributed by atoms with Crippen LogP contribution in [0, 0.1) is 11.3 Å². The second kappa shape index (κ2) is 3.88. The van der Waals surface area contributed by atoms with Crippen LogP contribution in [0.5, 0.6) is 0 Å². The van der Waals surface area contributed by atoms with Gasteiger partial charge in [0.25, 0.3) is 0 Å². The molecule has 1 heterocycles. The number of rotatable bonds is 3. The number of nitrogens with zero attached hydrogens (tertiary/aromatic N) is 1. The smallest absolute Gasteiger partial charge is 0.163 e. The van der Waals surface area contributed by atoms with Gasteiger partial charge in [-0.25, -0.2) is 0 Å². The molecule has 68 valence electrons. The zero-order chi connectivity index (χ0) is 9.03. The lowest BCUT2D eigenvalue weighted by Crippen LogP contribution is -2.21. The molecule has 1 rings (SSSR count). The molecule has 3 heteroatoms. The Kier molecular flexibility index (Phi) is 3.07. The van der Waals surface area contributed by atoms with Gasteiger partial charge in [0.15, 0.2) is 5.79 Å². The molecule has 1 aliphatic rings. The first kappa shape index (κ1) is 9.50. The Morgan fingerprint density at radius 3 is 2.83 bits per heavy atom. The van der Waals surface area contributed by atoms with E-state index in [0.29, 0.717) is 13.0 Å². The summed E-state index contributed by atoms with van der Waals surface area (Å²) in [6.07, 6.45) is 2.63. The number of ether oxygens (including phenoxy) is 2. The van der Waals surface area contributed by atoms with E-state index in [1.165, 1.54) is 0 Å². The van der Waals surface area contributed by atoms with Crippen LogP contribution < -0.4 is 0 Å². The summed E-state index contributed by atoms with van der Waals surface area (Å²) in [5, 5.41) is 8.32. The quantitative estimate of drug-likeness (QED) is 0.605. The largest absolute Gasteiger partial charge is 0.348 e. The topological polar surface area (TPSA) is 42.2 Å². The molecule has 1 saturated heterocycles. The summed E-state index contributed by atoms with van der Waals surface area (Å²) in [4.78, 5) is 0. The minimum Gasteiger partial charge on any atom is -0.348 e. The zero-order valence-electron chi connectivity index (χ0n) is 7.67. The number of hydrogen-bond donors (Lipinski definition) is 0. The van der Waals surface area contributed by atoms with Crippen LogP contribution in [0.15, 0.2) is 0 Å². The van der Waals surface area contributed by atoms with Crippen LogP contribution in [0.1, 0.15) is 33.1 Å². The Hall–Kier alpha value is -0.590. The third kappa shape index (κ3) is 2.80. The standard InChI is InChI=1S/C9H15NO2/c1-9(2)11-7-8(12-9)5-3-4-6-10/h8H,3-5,7H2,1-2H3. The van der Waals surface area contributed by atoms with E-state index in [1.807, 2.05) is 13.8 Å². The van der Waals surface area contributed by atoms with Gasteiger partial charge in [0.2, 0.25) is 0 Å². The first-order valence-corrected chi connectivity index (χ1v) is 4.33.